The maximum Gasteiger partial charge on any atom is 0.234 e. The third-order valence-corrected chi connectivity index (χ3v) is 3.53. The summed E-state index contributed by atoms with van der Waals surface area (Å²) in [6, 6.07) is 3.66. The van der Waals surface area contributed by atoms with E-state index in [4.69, 9.17) is 11.5 Å². The first kappa shape index (κ1) is 13.0. The predicted octanol–water partition coefficient (Wildman–Crippen LogP) is 0.420. The average Bonchev–Trinajstić information content (AvgIpc) is 2.79. The molecule has 0 saturated carbocycles. The van der Waals surface area contributed by atoms with Crippen LogP contribution < -0.4 is 11.5 Å². The number of rotatable bonds is 4. The van der Waals surface area contributed by atoms with Gasteiger partial charge >= 0.3 is 0 Å². The summed E-state index contributed by atoms with van der Waals surface area (Å²) < 4.78 is 0. The van der Waals surface area contributed by atoms with Crippen molar-refractivity contribution in [3.63, 3.8) is 0 Å². The first-order valence-corrected chi connectivity index (χ1v) is 6.32. The number of amides is 1. The van der Waals surface area contributed by atoms with Gasteiger partial charge in [-0.15, -0.1) is 0 Å². The Morgan fingerprint density at radius 1 is 1.50 bits per heavy atom. The molecule has 0 aromatic carbocycles. The fraction of sp³-hybridized carbons (Fsp3) is 0.538. The zero-order valence-electron chi connectivity index (χ0n) is 10.6. The molecule has 1 aromatic rings. The van der Waals surface area contributed by atoms with Crippen molar-refractivity contribution in [1.29, 1.82) is 0 Å². The van der Waals surface area contributed by atoms with Crippen LogP contribution in [0.1, 0.15) is 31.4 Å². The molecular weight excluding hydrogens is 228 g/mol. The van der Waals surface area contributed by atoms with Gasteiger partial charge < -0.3 is 11.5 Å². The molecule has 3 atom stereocenters. The molecule has 4 N–H and O–H groups in total. The van der Waals surface area contributed by atoms with Crippen molar-refractivity contribution in [2.45, 2.75) is 37.9 Å². The zero-order valence-corrected chi connectivity index (χ0v) is 10.6. The van der Waals surface area contributed by atoms with Gasteiger partial charge in [-0.3, -0.25) is 14.7 Å². The second-order valence-corrected chi connectivity index (χ2v) is 4.88. The summed E-state index contributed by atoms with van der Waals surface area (Å²) in [5, 5.41) is 0. The van der Waals surface area contributed by atoms with Gasteiger partial charge in [0, 0.05) is 18.4 Å². The van der Waals surface area contributed by atoms with E-state index in [1.807, 2.05) is 19.1 Å². The van der Waals surface area contributed by atoms with Crippen molar-refractivity contribution < 1.29 is 4.79 Å². The van der Waals surface area contributed by atoms with E-state index in [1.54, 1.807) is 12.4 Å². The van der Waals surface area contributed by atoms with E-state index in [9.17, 15) is 4.79 Å². The van der Waals surface area contributed by atoms with Crippen LogP contribution in [-0.4, -0.2) is 34.4 Å². The topological polar surface area (TPSA) is 85.2 Å². The fourth-order valence-corrected chi connectivity index (χ4v) is 2.79. The van der Waals surface area contributed by atoms with Gasteiger partial charge in [-0.05, 0) is 44.0 Å². The molecule has 1 fully saturated rings. The first-order valence-electron chi connectivity index (χ1n) is 6.32. The Morgan fingerprint density at radius 3 is 2.72 bits per heavy atom. The number of carbonyl (C=O) groups excluding carboxylic acids is 1. The Labute approximate surface area is 107 Å². The molecule has 1 aliphatic rings. The number of aromatic nitrogens is 1. The number of nitrogens with two attached hydrogens (primary N) is 2. The Kier molecular flexibility index (Phi) is 3.93. The van der Waals surface area contributed by atoms with Crippen LogP contribution in [0.15, 0.2) is 24.5 Å². The van der Waals surface area contributed by atoms with Crippen molar-refractivity contribution in [2.24, 2.45) is 11.5 Å². The smallest absolute Gasteiger partial charge is 0.234 e. The largest absolute Gasteiger partial charge is 0.368 e. The average molecular weight is 248 g/mol. The summed E-state index contributed by atoms with van der Waals surface area (Å²) in [5.41, 5.74) is 12.7. The van der Waals surface area contributed by atoms with E-state index in [1.165, 1.54) is 0 Å². The third-order valence-electron chi connectivity index (χ3n) is 3.53. The van der Waals surface area contributed by atoms with E-state index < -0.39 is 0 Å². The number of nitrogens with zero attached hydrogens (tertiary/aromatic N) is 2. The molecule has 0 aliphatic carbocycles. The van der Waals surface area contributed by atoms with Crippen molar-refractivity contribution in [2.75, 3.05) is 6.54 Å². The minimum Gasteiger partial charge on any atom is -0.368 e. The predicted molar refractivity (Wildman–Crippen MR) is 69.5 cm³/mol. The molecular formula is C13H20N4O. The fourth-order valence-electron chi connectivity index (χ4n) is 2.79. The van der Waals surface area contributed by atoms with Gasteiger partial charge in [0.2, 0.25) is 5.91 Å². The molecule has 2 heterocycles. The van der Waals surface area contributed by atoms with Crippen LogP contribution in [0.4, 0.5) is 0 Å². The van der Waals surface area contributed by atoms with Gasteiger partial charge in [-0.2, -0.15) is 0 Å². The SMILES string of the molecule is CC(N)C(c1ccncc1)N1CCCC1C(N)=O. The number of carbonyl (C=O) groups is 1. The molecule has 98 valence electrons. The standard InChI is InChI=1S/C13H20N4O/c1-9(14)12(10-4-6-16-7-5-10)17-8-2-3-11(17)13(15)18/h4-7,9,11-12H,2-3,8,14H2,1H3,(H2,15,18). The molecule has 1 saturated heterocycles. The van der Waals surface area contributed by atoms with Crippen molar-refractivity contribution in [3.05, 3.63) is 30.1 Å². The third kappa shape index (κ3) is 2.52. The van der Waals surface area contributed by atoms with Gasteiger partial charge in [0.25, 0.3) is 0 Å². The molecule has 2 rings (SSSR count). The summed E-state index contributed by atoms with van der Waals surface area (Å²) in [4.78, 5) is 17.6. The minimum atomic E-state index is -0.257. The highest BCUT2D eigenvalue weighted by atomic mass is 16.1. The molecule has 0 radical (unpaired) electrons. The number of primary amides is 1. The number of hydrogen-bond acceptors (Lipinski definition) is 4. The Morgan fingerprint density at radius 2 is 2.17 bits per heavy atom. The van der Waals surface area contributed by atoms with Crippen LogP contribution in [-0.2, 0) is 4.79 Å². The lowest BCUT2D eigenvalue weighted by Crippen LogP contribution is -2.47. The molecule has 1 amide bonds. The molecule has 18 heavy (non-hydrogen) atoms. The maximum absolute atomic E-state index is 11.5. The zero-order chi connectivity index (χ0) is 13.1. The normalized spacial score (nSPS) is 23.8. The van der Waals surface area contributed by atoms with Crippen LogP contribution in [0.5, 0.6) is 0 Å². The molecule has 1 aliphatic heterocycles. The summed E-state index contributed by atoms with van der Waals surface area (Å²) in [6.45, 7) is 2.82. The lowest BCUT2D eigenvalue weighted by Gasteiger charge is -2.34. The quantitative estimate of drug-likeness (QED) is 0.808. The molecule has 5 heteroatoms. The Bertz CT molecular complexity index is 407. The Hall–Kier alpha value is -1.46. The van der Waals surface area contributed by atoms with E-state index >= 15 is 0 Å². The van der Waals surface area contributed by atoms with Crippen LogP contribution >= 0.6 is 0 Å². The van der Waals surface area contributed by atoms with E-state index in [2.05, 4.69) is 9.88 Å². The van der Waals surface area contributed by atoms with Gasteiger partial charge in [0.1, 0.15) is 0 Å². The van der Waals surface area contributed by atoms with Crippen LogP contribution in [0.3, 0.4) is 0 Å². The van der Waals surface area contributed by atoms with Crippen molar-refractivity contribution >= 4 is 5.91 Å². The summed E-state index contributed by atoms with van der Waals surface area (Å²) in [6.07, 6.45) is 5.31. The van der Waals surface area contributed by atoms with Gasteiger partial charge in [0.05, 0.1) is 12.1 Å². The number of likely N-dealkylation sites (tertiary alicyclic amines) is 1. The first-order chi connectivity index (χ1) is 8.61. The Balaban J connectivity index is 2.28. The summed E-state index contributed by atoms with van der Waals surface area (Å²) in [5.74, 6) is -0.257. The van der Waals surface area contributed by atoms with Crippen LogP contribution in [0.2, 0.25) is 0 Å². The lowest BCUT2D eigenvalue weighted by molar-refractivity contribution is -0.123. The molecule has 3 unspecified atom stereocenters. The van der Waals surface area contributed by atoms with Crippen LogP contribution in [0, 0.1) is 0 Å². The maximum atomic E-state index is 11.5. The number of hydrogen-bond donors (Lipinski definition) is 2. The molecule has 0 bridgehead atoms. The summed E-state index contributed by atoms with van der Waals surface area (Å²) >= 11 is 0. The van der Waals surface area contributed by atoms with E-state index in [0.29, 0.717) is 0 Å². The van der Waals surface area contributed by atoms with Gasteiger partial charge in [-0.1, -0.05) is 0 Å². The lowest BCUT2D eigenvalue weighted by atomic mass is 9.99. The van der Waals surface area contributed by atoms with Crippen LogP contribution in [0.25, 0.3) is 0 Å². The van der Waals surface area contributed by atoms with E-state index in [-0.39, 0.29) is 24.0 Å². The highest BCUT2D eigenvalue weighted by Crippen LogP contribution is 2.30. The highest BCUT2D eigenvalue weighted by Gasteiger charge is 2.36. The molecule has 0 spiro atoms. The van der Waals surface area contributed by atoms with Crippen molar-refractivity contribution in [3.8, 4) is 0 Å². The monoisotopic (exact) mass is 248 g/mol. The van der Waals surface area contributed by atoms with Gasteiger partial charge in [0.15, 0.2) is 0 Å². The molecule has 1 aromatic heterocycles. The second-order valence-electron chi connectivity index (χ2n) is 4.88. The summed E-state index contributed by atoms with van der Waals surface area (Å²) in [7, 11) is 0. The second kappa shape index (κ2) is 5.46. The molecule has 5 nitrogen and oxygen atoms in total. The number of pyridine rings is 1. The minimum absolute atomic E-state index is 0.0213. The van der Waals surface area contributed by atoms with Crippen molar-refractivity contribution in [1.82, 2.24) is 9.88 Å². The highest BCUT2D eigenvalue weighted by molar-refractivity contribution is 5.80. The van der Waals surface area contributed by atoms with E-state index in [0.717, 1.165) is 24.9 Å². The van der Waals surface area contributed by atoms with Gasteiger partial charge in [-0.25, -0.2) is 0 Å².